The molecule has 24 heavy (non-hydrogen) atoms. The maximum Gasteiger partial charge on any atom is 0.233 e. The zero-order chi connectivity index (χ0) is 17.3. The van der Waals surface area contributed by atoms with Crippen molar-refractivity contribution in [2.45, 2.75) is 26.7 Å². The van der Waals surface area contributed by atoms with Gasteiger partial charge in [0.2, 0.25) is 5.91 Å². The van der Waals surface area contributed by atoms with E-state index in [0.717, 1.165) is 27.0 Å². The molecule has 2 aromatic heterocycles. The van der Waals surface area contributed by atoms with Crippen LogP contribution >= 0.6 is 27.3 Å². The molecule has 0 saturated heterocycles. The van der Waals surface area contributed by atoms with E-state index >= 15 is 0 Å². The first-order chi connectivity index (χ1) is 11.5. The van der Waals surface area contributed by atoms with Crippen LogP contribution in [0.2, 0.25) is 0 Å². The van der Waals surface area contributed by atoms with E-state index in [1.807, 2.05) is 50.4 Å². The molecule has 3 aromatic rings. The molecule has 0 saturated carbocycles. The Labute approximate surface area is 152 Å². The maximum atomic E-state index is 12.5. The molecule has 0 spiro atoms. The number of aryl methyl sites for hydroxylation is 2. The highest BCUT2D eigenvalue weighted by molar-refractivity contribution is 9.10. The first-order valence-corrected chi connectivity index (χ1v) is 9.08. The lowest BCUT2D eigenvalue weighted by atomic mass is 9.99. The third kappa shape index (κ3) is 3.42. The molecule has 1 amide bonds. The summed E-state index contributed by atoms with van der Waals surface area (Å²) in [7, 11) is 0. The van der Waals surface area contributed by atoms with Gasteiger partial charge in [0, 0.05) is 21.0 Å². The summed E-state index contributed by atoms with van der Waals surface area (Å²) >= 11 is 4.86. The summed E-state index contributed by atoms with van der Waals surface area (Å²) < 4.78 is 6.13. The summed E-state index contributed by atoms with van der Waals surface area (Å²) in [6.07, 6.45) is 0. The van der Waals surface area contributed by atoms with Crippen molar-refractivity contribution in [3.63, 3.8) is 0 Å². The summed E-state index contributed by atoms with van der Waals surface area (Å²) in [5, 5.41) is 9.29. The number of anilines is 1. The number of nitrogens with one attached hydrogen (secondary N) is 1. The Morgan fingerprint density at radius 1 is 1.38 bits per heavy atom. The van der Waals surface area contributed by atoms with Gasteiger partial charge in [-0.15, -0.1) is 11.3 Å². The number of thiazole rings is 1. The predicted octanol–water partition coefficient (Wildman–Crippen LogP) is 4.92. The minimum absolute atomic E-state index is 0.125. The molecule has 0 bridgehead atoms. The lowest BCUT2D eigenvalue weighted by molar-refractivity contribution is -0.117. The van der Waals surface area contributed by atoms with Crippen molar-refractivity contribution in [3.8, 4) is 11.3 Å². The maximum absolute atomic E-state index is 12.5. The number of aromatic nitrogens is 2. The van der Waals surface area contributed by atoms with E-state index in [1.165, 1.54) is 11.3 Å². The van der Waals surface area contributed by atoms with Crippen LogP contribution in [0, 0.1) is 13.8 Å². The molecule has 0 aliphatic carbocycles. The summed E-state index contributed by atoms with van der Waals surface area (Å²) in [5.41, 5.74) is 3.40. The monoisotopic (exact) mass is 405 g/mol. The largest absolute Gasteiger partial charge is 0.361 e. The molecule has 5 nitrogen and oxygen atoms in total. The molecular weight excluding hydrogens is 390 g/mol. The second kappa shape index (κ2) is 6.86. The summed E-state index contributed by atoms with van der Waals surface area (Å²) in [4.78, 5) is 17.0. The van der Waals surface area contributed by atoms with Gasteiger partial charge in [-0.05, 0) is 32.9 Å². The van der Waals surface area contributed by atoms with Gasteiger partial charge in [-0.2, -0.15) is 0 Å². The Morgan fingerprint density at radius 2 is 2.17 bits per heavy atom. The van der Waals surface area contributed by atoms with Gasteiger partial charge in [0.1, 0.15) is 5.76 Å². The molecule has 0 aliphatic rings. The van der Waals surface area contributed by atoms with Crippen LogP contribution in [0.25, 0.3) is 11.3 Å². The number of benzene rings is 1. The molecule has 124 valence electrons. The van der Waals surface area contributed by atoms with E-state index in [4.69, 9.17) is 4.52 Å². The minimum Gasteiger partial charge on any atom is -0.361 e. The first-order valence-electron chi connectivity index (χ1n) is 7.41. The van der Waals surface area contributed by atoms with E-state index < -0.39 is 0 Å². The fourth-order valence-corrected chi connectivity index (χ4v) is 3.69. The zero-order valence-corrected chi connectivity index (χ0v) is 15.9. The Bertz CT molecular complexity index is 868. The summed E-state index contributed by atoms with van der Waals surface area (Å²) in [6, 6.07) is 7.89. The number of hydrogen-bond donors (Lipinski definition) is 1. The Kier molecular flexibility index (Phi) is 4.82. The van der Waals surface area contributed by atoms with Crippen LogP contribution in [-0.4, -0.2) is 16.0 Å². The standard InChI is InChI=1S/C17H16BrN3O2S/c1-9(15-10(2)21-23-11(15)3)16(22)20-17-19-14(8-24-17)12-5-4-6-13(18)7-12/h4-9H,1-3H3,(H,19,20,22). The molecule has 3 rings (SSSR count). The van der Waals surface area contributed by atoms with Gasteiger partial charge >= 0.3 is 0 Å². The van der Waals surface area contributed by atoms with Crippen LogP contribution in [0.15, 0.2) is 38.6 Å². The molecule has 1 atom stereocenters. The van der Waals surface area contributed by atoms with Gasteiger partial charge in [-0.1, -0.05) is 33.2 Å². The lowest BCUT2D eigenvalue weighted by Gasteiger charge is -2.10. The van der Waals surface area contributed by atoms with Crippen LogP contribution in [0.4, 0.5) is 5.13 Å². The average molecular weight is 406 g/mol. The van der Waals surface area contributed by atoms with Crippen LogP contribution < -0.4 is 5.32 Å². The van der Waals surface area contributed by atoms with Crippen LogP contribution in [-0.2, 0) is 4.79 Å². The third-order valence-electron chi connectivity index (χ3n) is 3.77. The lowest BCUT2D eigenvalue weighted by Crippen LogP contribution is -2.19. The van der Waals surface area contributed by atoms with E-state index in [0.29, 0.717) is 10.9 Å². The highest BCUT2D eigenvalue weighted by Crippen LogP contribution is 2.29. The number of carbonyl (C=O) groups excluding carboxylic acids is 1. The quantitative estimate of drug-likeness (QED) is 0.668. The fourth-order valence-electron chi connectivity index (χ4n) is 2.56. The Balaban J connectivity index is 1.76. The first kappa shape index (κ1) is 16.9. The average Bonchev–Trinajstić information content (AvgIpc) is 3.14. The molecule has 1 unspecified atom stereocenters. The molecule has 1 N–H and O–H groups in total. The van der Waals surface area contributed by atoms with E-state index in [-0.39, 0.29) is 11.8 Å². The van der Waals surface area contributed by atoms with Crippen molar-refractivity contribution >= 4 is 38.3 Å². The van der Waals surface area contributed by atoms with Crippen molar-refractivity contribution in [3.05, 3.63) is 51.1 Å². The number of nitrogens with zero attached hydrogens (tertiary/aromatic N) is 2. The molecule has 1 aromatic carbocycles. The van der Waals surface area contributed by atoms with Crippen LogP contribution in [0.3, 0.4) is 0 Å². The van der Waals surface area contributed by atoms with Crippen LogP contribution in [0.5, 0.6) is 0 Å². The van der Waals surface area contributed by atoms with E-state index in [9.17, 15) is 4.79 Å². The fraction of sp³-hybridized carbons (Fsp3) is 0.235. The normalized spacial score (nSPS) is 12.2. The topological polar surface area (TPSA) is 68.0 Å². The SMILES string of the molecule is Cc1noc(C)c1C(C)C(=O)Nc1nc(-c2cccc(Br)c2)cs1. The van der Waals surface area contributed by atoms with Crippen molar-refractivity contribution in [2.24, 2.45) is 0 Å². The smallest absolute Gasteiger partial charge is 0.233 e. The van der Waals surface area contributed by atoms with Crippen molar-refractivity contribution < 1.29 is 9.32 Å². The van der Waals surface area contributed by atoms with Gasteiger partial charge in [-0.25, -0.2) is 4.98 Å². The highest BCUT2D eigenvalue weighted by atomic mass is 79.9. The second-order valence-corrected chi connectivity index (χ2v) is 7.27. The molecular formula is C17H16BrN3O2S. The zero-order valence-electron chi connectivity index (χ0n) is 13.5. The number of amides is 1. The molecule has 0 radical (unpaired) electrons. The van der Waals surface area contributed by atoms with Crippen molar-refractivity contribution in [1.29, 1.82) is 0 Å². The highest BCUT2D eigenvalue weighted by Gasteiger charge is 2.23. The van der Waals surface area contributed by atoms with Crippen molar-refractivity contribution in [1.82, 2.24) is 10.1 Å². The summed E-state index contributed by atoms with van der Waals surface area (Å²) in [6.45, 7) is 5.49. The second-order valence-electron chi connectivity index (χ2n) is 5.50. The Morgan fingerprint density at radius 3 is 2.83 bits per heavy atom. The Hall–Kier alpha value is -1.99. The third-order valence-corrected chi connectivity index (χ3v) is 5.02. The number of hydrogen-bond acceptors (Lipinski definition) is 5. The predicted molar refractivity (Wildman–Crippen MR) is 98.3 cm³/mol. The van der Waals surface area contributed by atoms with E-state index in [1.54, 1.807) is 0 Å². The minimum atomic E-state index is -0.352. The molecule has 7 heteroatoms. The molecule has 0 aliphatic heterocycles. The number of carbonyl (C=O) groups is 1. The van der Waals surface area contributed by atoms with Gasteiger partial charge in [0.25, 0.3) is 0 Å². The van der Waals surface area contributed by atoms with Gasteiger partial charge in [0.05, 0.1) is 17.3 Å². The van der Waals surface area contributed by atoms with Crippen molar-refractivity contribution in [2.75, 3.05) is 5.32 Å². The number of halogens is 1. The van der Waals surface area contributed by atoms with E-state index in [2.05, 4.69) is 31.4 Å². The summed E-state index contributed by atoms with van der Waals surface area (Å²) in [5.74, 6) is 0.193. The van der Waals surface area contributed by atoms with Gasteiger partial charge in [0.15, 0.2) is 5.13 Å². The molecule has 2 heterocycles. The van der Waals surface area contributed by atoms with Gasteiger partial charge in [-0.3, -0.25) is 4.79 Å². The van der Waals surface area contributed by atoms with Crippen LogP contribution in [0.1, 0.15) is 29.9 Å². The molecule has 0 fully saturated rings. The number of rotatable bonds is 4. The van der Waals surface area contributed by atoms with Gasteiger partial charge < -0.3 is 9.84 Å².